The molecule has 7 aromatic carbocycles. The SMILES string of the molecule is O=C(Oc1ccc(-c2c3nc(c(-c4ccccc4)c4ccc([nH]4)c(-c4ccccc4)c4nc(c(-c5ccccc5)c5ccc2[nH]5)C=C4)C=C3)cc1)c1ccc(Cn2c3ccccc3c3ccccc32)cc1. The van der Waals surface area contributed by atoms with E-state index in [9.17, 15) is 4.79 Å². The van der Waals surface area contributed by atoms with Crippen LogP contribution in [-0.2, 0) is 6.54 Å². The summed E-state index contributed by atoms with van der Waals surface area (Å²) in [5.74, 6) is 0.0185. The van der Waals surface area contributed by atoms with Crippen LogP contribution in [-0.4, -0.2) is 30.5 Å². The lowest BCUT2D eigenvalue weighted by molar-refractivity contribution is 0.0734. The van der Waals surface area contributed by atoms with Gasteiger partial charge in [0, 0.05) is 72.7 Å². The molecule has 7 heteroatoms. The lowest BCUT2D eigenvalue weighted by atomic mass is 10.0. The van der Waals surface area contributed by atoms with Gasteiger partial charge in [0.2, 0.25) is 0 Å². The Morgan fingerprint density at radius 2 is 0.761 bits per heavy atom. The van der Waals surface area contributed by atoms with Crippen molar-refractivity contribution in [1.82, 2.24) is 24.5 Å². The van der Waals surface area contributed by atoms with Gasteiger partial charge in [-0.25, -0.2) is 14.8 Å². The summed E-state index contributed by atoms with van der Waals surface area (Å²) in [6, 6.07) is 72.1. The van der Waals surface area contributed by atoms with E-state index in [1.54, 1.807) is 0 Å². The highest BCUT2D eigenvalue weighted by atomic mass is 16.5. The van der Waals surface area contributed by atoms with E-state index < -0.39 is 5.97 Å². The molecule has 71 heavy (non-hydrogen) atoms. The molecule has 4 aromatic heterocycles. The molecule has 0 radical (unpaired) electrons. The van der Waals surface area contributed by atoms with Crippen molar-refractivity contribution < 1.29 is 9.53 Å². The minimum Gasteiger partial charge on any atom is -0.423 e. The zero-order chi connectivity index (χ0) is 47.3. The molecule has 0 unspecified atom stereocenters. The van der Waals surface area contributed by atoms with E-state index >= 15 is 0 Å². The van der Waals surface area contributed by atoms with Gasteiger partial charge in [-0.2, -0.15) is 0 Å². The first-order chi connectivity index (χ1) is 35.1. The number of ether oxygens (including phenoxy) is 1. The lowest BCUT2D eigenvalue weighted by Gasteiger charge is -2.10. The number of hydrogen-bond donors (Lipinski definition) is 2. The normalized spacial score (nSPS) is 11.9. The van der Waals surface area contributed by atoms with Crippen molar-refractivity contribution in [2.75, 3.05) is 0 Å². The number of rotatable bonds is 8. The molecule has 336 valence electrons. The van der Waals surface area contributed by atoms with Crippen LogP contribution in [0.4, 0.5) is 0 Å². The Labute approximate surface area is 409 Å². The zero-order valence-electron chi connectivity index (χ0n) is 38.4. The van der Waals surface area contributed by atoms with Crippen LogP contribution < -0.4 is 4.74 Å². The second kappa shape index (κ2) is 17.5. The number of carbonyl (C=O) groups is 1. The molecule has 0 spiro atoms. The number of carbonyl (C=O) groups excluding carboxylic acids is 1. The summed E-state index contributed by atoms with van der Waals surface area (Å²) in [5, 5.41) is 2.46. The Bertz CT molecular complexity index is 4000. The molecular weight excluding hydrogens is 871 g/mol. The van der Waals surface area contributed by atoms with Gasteiger partial charge in [-0.1, -0.05) is 152 Å². The molecule has 0 fully saturated rings. The number of hydrogen-bond acceptors (Lipinski definition) is 4. The Morgan fingerprint density at radius 3 is 1.17 bits per heavy atom. The van der Waals surface area contributed by atoms with Crippen molar-refractivity contribution in [3.05, 3.63) is 246 Å². The first kappa shape index (κ1) is 41.6. The van der Waals surface area contributed by atoms with E-state index in [4.69, 9.17) is 14.7 Å². The topological polar surface area (TPSA) is 88.6 Å². The van der Waals surface area contributed by atoms with Gasteiger partial charge in [-0.15, -0.1) is 0 Å². The first-order valence-corrected chi connectivity index (χ1v) is 23.8. The third kappa shape index (κ3) is 7.62. The summed E-state index contributed by atoms with van der Waals surface area (Å²) in [4.78, 5) is 32.1. The molecular formula is C64H43N5O2. The van der Waals surface area contributed by atoms with E-state index in [0.29, 0.717) is 17.9 Å². The predicted octanol–water partition coefficient (Wildman–Crippen LogP) is 15.7. The maximum Gasteiger partial charge on any atom is 0.343 e. The monoisotopic (exact) mass is 913 g/mol. The van der Waals surface area contributed by atoms with Crippen LogP contribution in [0.2, 0.25) is 0 Å². The predicted molar refractivity (Wildman–Crippen MR) is 291 cm³/mol. The van der Waals surface area contributed by atoms with E-state index in [2.05, 4.69) is 184 Å². The molecule has 0 aliphatic carbocycles. The Kier molecular flexibility index (Phi) is 10.2. The van der Waals surface area contributed by atoms with Crippen LogP contribution in [0.3, 0.4) is 0 Å². The Morgan fingerprint density at radius 1 is 0.394 bits per heavy atom. The minimum absolute atomic E-state index is 0.423. The van der Waals surface area contributed by atoms with Crippen LogP contribution in [0, 0.1) is 0 Å². The molecule has 0 amide bonds. The molecule has 0 saturated heterocycles. The molecule has 11 aromatic rings. The molecule has 13 rings (SSSR count). The largest absolute Gasteiger partial charge is 0.423 e. The summed E-state index contributed by atoms with van der Waals surface area (Å²) in [6.45, 7) is 0.676. The van der Waals surface area contributed by atoms with Crippen molar-refractivity contribution in [3.8, 4) is 50.3 Å². The standard InChI is InChI=1S/C64H43N5O2/c70-64(46-26-24-41(25-27-46)40-69-58-22-12-10-20-48(58)49-21-11-13-23-59(49)69)71-47-30-28-45(29-31-47)63-56-38-36-54(67-56)61(43-16-6-2-7-17-43)52-34-32-50(65-52)60(42-14-4-1-5-15-42)51-33-35-53(66-51)62(44-18-8-3-9-19-44)55-37-39-57(63)68-55/h1-39,65,68H,40H2. The van der Waals surface area contributed by atoms with Crippen molar-refractivity contribution in [2.24, 2.45) is 0 Å². The smallest absolute Gasteiger partial charge is 0.343 e. The minimum atomic E-state index is -0.423. The third-order valence-electron chi connectivity index (χ3n) is 13.5. The second-order valence-electron chi connectivity index (χ2n) is 17.8. The van der Waals surface area contributed by atoms with E-state index in [1.165, 1.54) is 21.8 Å². The number of benzene rings is 7. The van der Waals surface area contributed by atoms with E-state index in [0.717, 1.165) is 94.9 Å². The van der Waals surface area contributed by atoms with Crippen molar-refractivity contribution in [3.63, 3.8) is 0 Å². The number of aromatic amines is 2. The molecule has 8 bridgehead atoms. The summed E-state index contributed by atoms with van der Waals surface area (Å²) >= 11 is 0. The molecule has 2 aliphatic rings. The molecule has 2 aliphatic heterocycles. The number of esters is 1. The van der Waals surface area contributed by atoms with Gasteiger partial charge >= 0.3 is 5.97 Å². The van der Waals surface area contributed by atoms with Gasteiger partial charge in [0.1, 0.15) is 5.75 Å². The third-order valence-corrected chi connectivity index (χ3v) is 13.5. The fraction of sp³-hybridized carbons (Fsp3) is 0.0156. The first-order valence-electron chi connectivity index (χ1n) is 23.8. The van der Waals surface area contributed by atoms with Crippen LogP contribution in [0.25, 0.3) is 113 Å². The number of fused-ring (bicyclic) bond motifs is 11. The lowest BCUT2D eigenvalue weighted by Crippen LogP contribution is -2.08. The maximum atomic E-state index is 13.7. The van der Waals surface area contributed by atoms with Crippen LogP contribution in [0.15, 0.2) is 212 Å². The summed E-state index contributed by atoms with van der Waals surface area (Å²) in [7, 11) is 0. The Balaban J connectivity index is 0.915. The van der Waals surface area contributed by atoms with Crippen molar-refractivity contribution in [2.45, 2.75) is 6.54 Å². The molecule has 7 nitrogen and oxygen atoms in total. The van der Waals surface area contributed by atoms with Crippen LogP contribution in [0.5, 0.6) is 5.75 Å². The second-order valence-corrected chi connectivity index (χ2v) is 17.8. The molecule has 2 N–H and O–H groups in total. The van der Waals surface area contributed by atoms with E-state index in [1.807, 2.05) is 66.7 Å². The highest BCUT2D eigenvalue weighted by Crippen LogP contribution is 2.39. The van der Waals surface area contributed by atoms with Crippen LogP contribution in [0.1, 0.15) is 38.7 Å². The molecule has 0 atom stereocenters. The van der Waals surface area contributed by atoms with Crippen molar-refractivity contribution in [1.29, 1.82) is 0 Å². The average Bonchev–Trinajstić information content (AvgIpc) is 4.30. The molecule has 0 saturated carbocycles. The fourth-order valence-corrected chi connectivity index (χ4v) is 10.2. The maximum absolute atomic E-state index is 13.7. The van der Waals surface area contributed by atoms with E-state index in [-0.39, 0.29) is 0 Å². The quantitative estimate of drug-likeness (QED) is 0.117. The summed E-state index contributed by atoms with van der Waals surface area (Å²) in [6.07, 6.45) is 8.41. The number of para-hydroxylation sites is 2. The highest BCUT2D eigenvalue weighted by molar-refractivity contribution is 6.08. The number of H-pyrrole nitrogens is 2. The number of nitrogens with one attached hydrogen (secondary N) is 2. The van der Waals surface area contributed by atoms with Gasteiger partial charge in [-0.3, -0.25) is 0 Å². The van der Waals surface area contributed by atoms with Gasteiger partial charge < -0.3 is 19.3 Å². The van der Waals surface area contributed by atoms with Gasteiger partial charge in [-0.05, 0) is 113 Å². The number of aromatic nitrogens is 5. The zero-order valence-corrected chi connectivity index (χ0v) is 38.4. The fourth-order valence-electron chi connectivity index (χ4n) is 10.2. The van der Waals surface area contributed by atoms with Gasteiger partial charge in [0.25, 0.3) is 0 Å². The average molecular weight is 914 g/mol. The Hall–Kier alpha value is -9.59. The van der Waals surface area contributed by atoms with Crippen LogP contribution >= 0.6 is 0 Å². The summed E-state index contributed by atoms with van der Waals surface area (Å²) in [5.41, 5.74) is 18.8. The number of nitrogens with zero attached hydrogens (tertiary/aromatic N) is 3. The van der Waals surface area contributed by atoms with Crippen molar-refractivity contribution >= 4 is 74.1 Å². The van der Waals surface area contributed by atoms with Gasteiger partial charge in [0.15, 0.2) is 0 Å². The highest BCUT2D eigenvalue weighted by Gasteiger charge is 2.20. The van der Waals surface area contributed by atoms with Gasteiger partial charge in [0.05, 0.1) is 28.3 Å². The molecule has 6 heterocycles. The summed E-state index contributed by atoms with van der Waals surface area (Å²) < 4.78 is 8.34.